The molecular formula is C13H21N3O3S. The number of carbonyl (C=O) groups is 1. The van der Waals surface area contributed by atoms with Crippen molar-refractivity contribution in [2.24, 2.45) is 0 Å². The molecule has 1 aliphatic heterocycles. The van der Waals surface area contributed by atoms with Gasteiger partial charge in [-0.1, -0.05) is 6.92 Å². The van der Waals surface area contributed by atoms with Crippen LogP contribution in [-0.2, 0) is 14.6 Å². The molecule has 0 unspecified atom stereocenters. The number of imidazole rings is 1. The third-order valence-electron chi connectivity index (χ3n) is 3.79. The minimum Gasteiger partial charge on any atom is -0.340 e. The molecule has 2 heterocycles. The summed E-state index contributed by atoms with van der Waals surface area (Å²) in [7, 11) is -3.26. The summed E-state index contributed by atoms with van der Waals surface area (Å²) >= 11 is 0. The lowest BCUT2D eigenvalue weighted by molar-refractivity contribution is -0.130. The van der Waals surface area contributed by atoms with Gasteiger partial charge in [-0.3, -0.25) is 4.79 Å². The summed E-state index contributed by atoms with van der Waals surface area (Å²) in [4.78, 5) is 18.0. The Hall–Kier alpha value is -1.37. The van der Waals surface area contributed by atoms with Crippen molar-refractivity contribution in [1.82, 2.24) is 14.5 Å². The Morgan fingerprint density at radius 2 is 2.25 bits per heavy atom. The van der Waals surface area contributed by atoms with Crippen LogP contribution < -0.4 is 0 Å². The van der Waals surface area contributed by atoms with Crippen molar-refractivity contribution in [2.45, 2.75) is 32.7 Å². The van der Waals surface area contributed by atoms with Crippen molar-refractivity contribution in [1.29, 1.82) is 0 Å². The normalized spacial score (nSPS) is 20.1. The van der Waals surface area contributed by atoms with E-state index in [1.54, 1.807) is 18.0 Å². The summed E-state index contributed by atoms with van der Waals surface area (Å²) in [6, 6.07) is 0.194. The summed E-state index contributed by atoms with van der Waals surface area (Å²) < 4.78 is 25.2. The molecule has 2 rings (SSSR count). The van der Waals surface area contributed by atoms with Crippen LogP contribution in [0.4, 0.5) is 0 Å². The molecule has 0 radical (unpaired) electrons. The maximum Gasteiger partial charge on any atom is 0.237 e. The number of nitrogens with zero attached hydrogens (tertiary/aromatic N) is 3. The van der Waals surface area contributed by atoms with Gasteiger partial charge in [0, 0.05) is 31.2 Å². The van der Waals surface area contributed by atoms with Crippen molar-refractivity contribution < 1.29 is 13.2 Å². The fraction of sp³-hybridized carbons (Fsp3) is 0.692. The number of rotatable bonds is 4. The van der Waals surface area contributed by atoms with Gasteiger partial charge in [-0.15, -0.1) is 0 Å². The van der Waals surface area contributed by atoms with E-state index in [2.05, 4.69) is 9.55 Å². The molecule has 0 aromatic carbocycles. The molecule has 1 aromatic rings. The number of hydrogen-bond acceptors (Lipinski definition) is 4. The lowest BCUT2D eigenvalue weighted by Crippen LogP contribution is -2.43. The van der Waals surface area contributed by atoms with E-state index in [0.29, 0.717) is 13.1 Å². The van der Waals surface area contributed by atoms with Crippen LogP contribution >= 0.6 is 0 Å². The Morgan fingerprint density at radius 1 is 1.50 bits per heavy atom. The molecule has 1 saturated heterocycles. The van der Waals surface area contributed by atoms with Gasteiger partial charge in [0.05, 0.1) is 6.04 Å². The lowest BCUT2D eigenvalue weighted by Gasteiger charge is -2.33. The molecule has 0 saturated carbocycles. The molecule has 0 spiro atoms. The number of carbonyl (C=O) groups excluding carboxylic acids is 1. The van der Waals surface area contributed by atoms with Crippen molar-refractivity contribution in [3.05, 3.63) is 18.2 Å². The fourth-order valence-corrected chi connectivity index (χ4v) is 3.33. The number of aromatic nitrogens is 2. The van der Waals surface area contributed by atoms with Gasteiger partial charge in [-0.2, -0.15) is 0 Å². The monoisotopic (exact) mass is 299 g/mol. The summed E-state index contributed by atoms with van der Waals surface area (Å²) in [5.74, 6) is 0.273. The van der Waals surface area contributed by atoms with Gasteiger partial charge >= 0.3 is 0 Å². The average Bonchev–Trinajstić information content (AvgIpc) is 2.85. The summed E-state index contributed by atoms with van der Waals surface area (Å²) in [6.45, 7) is 4.70. The minimum atomic E-state index is -3.26. The molecule has 7 heteroatoms. The highest BCUT2D eigenvalue weighted by atomic mass is 32.2. The minimum absolute atomic E-state index is 0.0106. The van der Waals surface area contributed by atoms with E-state index in [4.69, 9.17) is 0 Å². The molecule has 0 N–H and O–H groups in total. The Balaban J connectivity index is 2.04. The van der Waals surface area contributed by atoms with E-state index in [1.807, 2.05) is 13.1 Å². The van der Waals surface area contributed by atoms with Crippen molar-refractivity contribution >= 4 is 15.7 Å². The lowest BCUT2D eigenvalue weighted by atomic mass is 10.1. The number of likely N-dealkylation sites (tertiary alicyclic amines) is 1. The van der Waals surface area contributed by atoms with Crippen LogP contribution in [0.1, 0.15) is 31.6 Å². The van der Waals surface area contributed by atoms with Crippen LogP contribution in [0.5, 0.6) is 0 Å². The van der Waals surface area contributed by atoms with Crippen LogP contribution in [0, 0.1) is 6.92 Å². The van der Waals surface area contributed by atoms with Crippen molar-refractivity contribution in [2.75, 3.05) is 24.6 Å². The van der Waals surface area contributed by atoms with E-state index in [0.717, 1.165) is 18.7 Å². The highest BCUT2D eigenvalue weighted by Crippen LogP contribution is 2.22. The predicted octanol–water partition coefficient (Wildman–Crippen LogP) is 0.790. The highest BCUT2D eigenvalue weighted by Gasteiger charge is 2.27. The van der Waals surface area contributed by atoms with Gasteiger partial charge < -0.3 is 9.47 Å². The molecule has 0 aliphatic carbocycles. The number of aryl methyl sites for hydroxylation is 1. The maximum absolute atomic E-state index is 12.1. The van der Waals surface area contributed by atoms with E-state index < -0.39 is 9.84 Å². The van der Waals surface area contributed by atoms with Gasteiger partial charge in [0.2, 0.25) is 5.91 Å². The van der Waals surface area contributed by atoms with E-state index in [-0.39, 0.29) is 23.5 Å². The first-order chi connectivity index (χ1) is 9.43. The Labute approximate surface area is 119 Å². The second-order valence-corrected chi connectivity index (χ2v) is 7.55. The molecule has 1 atom stereocenters. The first kappa shape index (κ1) is 15.0. The van der Waals surface area contributed by atoms with Gasteiger partial charge in [-0.25, -0.2) is 13.4 Å². The van der Waals surface area contributed by atoms with E-state index in [9.17, 15) is 13.2 Å². The molecule has 0 bridgehead atoms. The molecule has 1 amide bonds. The number of piperidine rings is 1. The van der Waals surface area contributed by atoms with Gasteiger partial charge in [0.25, 0.3) is 0 Å². The summed E-state index contributed by atoms with van der Waals surface area (Å²) in [5, 5.41) is 0. The topological polar surface area (TPSA) is 72.3 Å². The van der Waals surface area contributed by atoms with Crippen LogP contribution in [0.2, 0.25) is 0 Å². The highest BCUT2D eigenvalue weighted by molar-refractivity contribution is 7.92. The third-order valence-corrected chi connectivity index (χ3v) is 5.35. The van der Waals surface area contributed by atoms with E-state index >= 15 is 0 Å². The molecule has 1 aromatic heterocycles. The summed E-state index contributed by atoms with van der Waals surface area (Å²) in [5.41, 5.74) is 0. The second kappa shape index (κ2) is 5.95. The largest absolute Gasteiger partial charge is 0.340 e. The van der Waals surface area contributed by atoms with Gasteiger partial charge in [0.15, 0.2) is 9.84 Å². The van der Waals surface area contributed by atoms with Crippen LogP contribution in [0.3, 0.4) is 0 Å². The molecular weight excluding hydrogens is 278 g/mol. The van der Waals surface area contributed by atoms with Gasteiger partial charge in [-0.05, 0) is 19.8 Å². The van der Waals surface area contributed by atoms with Crippen LogP contribution in [0.25, 0.3) is 0 Å². The van der Waals surface area contributed by atoms with Crippen LogP contribution in [0.15, 0.2) is 12.4 Å². The smallest absolute Gasteiger partial charge is 0.237 e. The SMILES string of the molecule is CCS(=O)(=O)CC(=O)N1CCC[C@H](n2ccnc2C)C1. The zero-order valence-electron chi connectivity index (χ0n) is 11.9. The third kappa shape index (κ3) is 3.39. The standard InChI is InChI=1S/C13H21N3O3S/c1-3-20(18,19)10-13(17)15-7-4-5-12(9-15)16-8-6-14-11(16)2/h6,8,12H,3-5,7,9-10H2,1-2H3/t12-/m0/s1. The van der Waals surface area contributed by atoms with Crippen molar-refractivity contribution in [3.63, 3.8) is 0 Å². The Kier molecular flexibility index (Phi) is 4.47. The molecule has 20 heavy (non-hydrogen) atoms. The first-order valence-electron chi connectivity index (χ1n) is 6.90. The fourth-order valence-electron chi connectivity index (χ4n) is 2.56. The Bertz CT molecular complexity index is 579. The van der Waals surface area contributed by atoms with Gasteiger partial charge in [0.1, 0.15) is 11.6 Å². The maximum atomic E-state index is 12.1. The quantitative estimate of drug-likeness (QED) is 0.824. The number of hydrogen-bond donors (Lipinski definition) is 0. The molecule has 1 fully saturated rings. The second-order valence-electron chi connectivity index (χ2n) is 5.19. The Morgan fingerprint density at radius 3 is 2.85 bits per heavy atom. The summed E-state index contributed by atoms with van der Waals surface area (Å²) in [6.07, 6.45) is 5.54. The molecule has 1 aliphatic rings. The zero-order valence-corrected chi connectivity index (χ0v) is 12.8. The predicted molar refractivity (Wildman–Crippen MR) is 76.1 cm³/mol. The number of sulfone groups is 1. The molecule has 6 nitrogen and oxygen atoms in total. The van der Waals surface area contributed by atoms with Crippen LogP contribution in [-0.4, -0.2) is 53.4 Å². The number of amides is 1. The van der Waals surface area contributed by atoms with Crippen molar-refractivity contribution in [3.8, 4) is 0 Å². The average molecular weight is 299 g/mol. The first-order valence-corrected chi connectivity index (χ1v) is 8.72. The van der Waals surface area contributed by atoms with E-state index in [1.165, 1.54) is 0 Å². The molecule has 112 valence electrons. The zero-order chi connectivity index (χ0) is 14.8.